The lowest BCUT2D eigenvalue weighted by Crippen LogP contribution is -2.00. The van der Waals surface area contributed by atoms with Crippen molar-refractivity contribution in [2.24, 2.45) is 5.73 Å². The van der Waals surface area contributed by atoms with Gasteiger partial charge < -0.3 is 5.73 Å². The van der Waals surface area contributed by atoms with Crippen molar-refractivity contribution in [3.8, 4) is 11.4 Å². The highest BCUT2D eigenvalue weighted by molar-refractivity contribution is 5.85. The molecule has 0 aliphatic rings. The first kappa shape index (κ1) is 11.5. The summed E-state index contributed by atoms with van der Waals surface area (Å²) in [5, 5.41) is 13.2. The van der Waals surface area contributed by atoms with Gasteiger partial charge >= 0.3 is 0 Å². The van der Waals surface area contributed by atoms with Gasteiger partial charge in [-0.2, -0.15) is 5.21 Å². The van der Waals surface area contributed by atoms with Gasteiger partial charge in [0.15, 0.2) is 0 Å². The minimum atomic E-state index is -0.345. The van der Waals surface area contributed by atoms with Crippen LogP contribution in [0.15, 0.2) is 18.2 Å². The van der Waals surface area contributed by atoms with Crippen LogP contribution in [-0.2, 0) is 6.54 Å². The van der Waals surface area contributed by atoms with Gasteiger partial charge in [0.2, 0.25) is 5.82 Å². The quantitative estimate of drug-likeness (QED) is 0.801. The van der Waals surface area contributed by atoms with Crippen LogP contribution in [0.25, 0.3) is 11.4 Å². The molecule has 7 heteroatoms. The molecule has 0 amide bonds. The standard InChI is InChI=1S/C8H8FN5.ClH/c9-6-2-1-5(4-10)7(3-6)8-11-13-14-12-8;/h1-3H,4,10H2,(H,11,12,13,14);1H. The third-order valence-electron chi connectivity index (χ3n) is 1.88. The molecular formula is C8H9ClFN5. The first-order valence-corrected chi connectivity index (χ1v) is 4.03. The Kier molecular flexibility index (Phi) is 3.70. The van der Waals surface area contributed by atoms with Gasteiger partial charge in [0, 0.05) is 12.1 Å². The summed E-state index contributed by atoms with van der Waals surface area (Å²) in [5.74, 6) is 0.00644. The van der Waals surface area contributed by atoms with Crippen LogP contribution in [0.3, 0.4) is 0 Å². The van der Waals surface area contributed by atoms with E-state index in [2.05, 4.69) is 20.6 Å². The second-order valence-electron chi connectivity index (χ2n) is 2.74. The minimum absolute atomic E-state index is 0. The highest BCUT2D eigenvalue weighted by Crippen LogP contribution is 2.19. The van der Waals surface area contributed by atoms with Crippen molar-refractivity contribution in [3.63, 3.8) is 0 Å². The molecule has 0 aliphatic carbocycles. The van der Waals surface area contributed by atoms with E-state index in [9.17, 15) is 4.39 Å². The van der Waals surface area contributed by atoms with Gasteiger partial charge in [-0.25, -0.2) is 4.39 Å². The molecular weight excluding hydrogens is 221 g/mol. The van der Waals surface area contributed by atoms with Crippen LogP contribution in [0.1, 0.15) is 5.56 Å². The smallest absolute Gasteiger partial charge is 0.205 e. The maximum atomic E-state index is 12.9. The summed E-state index contributed by atoms with van der Waals surface area (Å²) in [6, 6.07) is 4.31. The van der Waals surface area contributed by atoms with Crippen LogP contribution < -0.4 is 5.73 Å². The fourth-order valence-electron chi connectivity index (χ4n) is 1.21. The summed E-state index contributed by atoms with van der Waals surface area (Å²) in [4.78, 5) is 0. The highest BCUT2D eigenvalue weighted by Gasteiger charge is 2.09. The van der Waals surface area contributed by atoms with E-state index < -0.39 is 0 Å². The van der Waals surface area contributed by atoms with Crippen molar-refractivity contribution < 1.29 is 4.39 Å². The Morgan fingerprint density at radius 2 is 2.20 bits per heavy atom. The number of nitrogens with one attached hydrogen (secondary N) is 1. The van der Waals surface area contributed by atoms with Crippen molar-refractivity contribution in [3.05, 3.63) is 29.6 Å². The zero-order valence-corrected chi connectivity index (χ0v) is 8.46. The van der Waals surface area contributed by atoms with Gasteiger partial charge in [-0.1, -0.05) is 6.07 Å². The Labute approximate surface area is 91.3 Å². The van der Waals surface area contributed by atoms with E-state index in [0.717, 1.165) is 5.56 Å². The van der Waals surface area contributed by atoms with Gasteiger partial charge in [-0.15, -0.1) is 22.6 Å². The molecule has 0 spiro atoms. The molecule has 80 valence electrons. The molecule has 15 heavy (non-hydrogen) atoms. The third-order valence-corrected chi connectivity index (χ3v) is 1.88. The number of aromatic nitrogens is 4. The fraction of sp³-hybridized carbons (Fsp3) is 0.125. The van der Waals surface area contributed by atoms with Crippen molar-refractivity contribution in [2.75, 3.05) is 0 Å². The first-order chi connectivity index (χ1) is 6.81. The molecule has 0 radical (unpaired) electrons. The molecule has 0 fully saturated rings. The summed E-state index contributed by atoms with van der Waals surface area (Å²) < 4.78 is 12.9. The summed E-state index contributed by atoms with van der Waals surface area (Å²) in [7, 11) is 0. The van der Waals surface area contributed by atoms with Gasteiger partial charge in [0.05, 0.1) is 0 Å². The molecule has 1 aromatic carbocycles. The lowest BCUT2D eigenvalue weighted by molar-refractivity contribution is 0.627. The maximum absolute atomic E-state index is 12.9. The molecule has 2 rings (SSSR count). The summed E-state index contributed by atoms with van der Waals surface area (Å²) in [5.41, 5.74) is 6.85. The average molecular weight is 230 g/mol. The van der Waals surface area contributed by atoms with Gasteiger partial charge in [0.1, 0.15) is 5.82 Å². The molecule has 0 bridgehead atoms. The Morgan fingerprint density at radius 3 is 2.80 bits per heavy atom. The summed E-state index contributed by atoms with van der Waals surface area (Å²) >= 11 is 0. The topological polar surface area (TPSA) is 80.5 Å². The second kappa shape index (κ2) is 4.81. The molecule has 0 atom stereocenters. The van der Waals surface area contributed by atoms with E-state index in [-0.39, 0.29) is 18.2 Å². The number of tetrazole rings is 1. The van der Waals surface area contributed by atoms with Crippen molar-refractivity contribution in [2.45, 2.75) is 6.54 Å². The highest BCUT2D eigenvalue weighted by atomic mass is 35.5. The molecule has 0 aliphatic heterocycles. The normalized spacial score (nSPS) is 9.73. The van der Waals surface area contributed by atoms with Gasteiger partial charge in [-0.05, 0) is 22.9 Å². The molecule has 0 saturated carbocycles. The van der Waals surface area contributed by atoms with E-state index in [1.54, 1.807) is 6.07 Å². The van der Waals surface area contributed by atoms with Crippen molar-refractivity contribution >= 4 is 12.4 Å². The van der Waals surface area contributed by atoms with Crippen LogP contribution >= 0.6 is 12.4 Å². The van der Waals surface area contributed by atoms with E-state index in [4.69, 9.17) is 5.73 Å². The zero-order valence-electron chi connectivity index (χ0n) is 7.64. The predicted octanol–water partition coefficient (Wildman–Crippen LogP) is 0.886. The van der Waals surface area contributed by atoms with Crippen LogP contribution in [0, 0.1) is 5.82 Å². The summed E-state index contributed by atoms with van der Waals surface area (Å²) in [6.45, 7) is 0.310. The first-order valence-electron chi connectivity index (χ1n) is 4.03. The fourth-order valence-corrected chi connectivity index (χ4v) is 1.21. The maximum Gasteiger partial charge on any atom is 0.205 e. The zero-order chi connectivity index (χ0) is 9.97. The number of nitrogens with zero attached hydrogens (tertiary/aromatic N) is 3. The lowest BCUT2D eigenvalue weighted by atomic mass is 10.1. The van der Waals surface area contributed by atoms with Crippen LogP contribution in [0.4, 0.5) is 4.39 Å². The third kappa shape index (κ3) is 2.28. The average Bonchev–Trinajstić information content (AvgIpc) is 2.70. The van der Waals surface area contributed by atoms with Gasteiger partial charge in [-0.3, -0.25) is 0 Å². The molecule has 0 unspecified atom stereocenters. The predicted molar refractivity (Wildman–Crippen MR) is 54.7 cm³/mol. The van der Waals surface area contributed by atoms with E-state index in [1.807, 2.05) is 0 Å². The number of aromatic amines is 1. The van der Waals surface area contributed by atoms with E-state index in [1.165, 1.54) is 12.1 Å². The van der Waals surface area contributed by atoms with E-state index >= 15 is 0 Å². The van der Waals surface area contributed by atoms with Crippen molar-refractivity contribution in [1.29, 1.82) is 0 Å². The Hall–Kier alpha value is -1.53. The molecule has 3 N–H and O–H groups in total. The number of H-pyrrole nitrogens is 1. The van der Waals surface area contributed by atoms with Crippen LogP contribution in [0.5, 0.6) is 0 Å². The number of hydrogen-bond donors (Lipinski definition) is 2. The second-order valence-corrected chi connectivity index (χ2v) is 2.74. The van der Waals surface area contributed by atoms with Crippen LogP contribution in [0.2, 0.25) is 0 Å². The number of rotatable bonds is 2. The number of benzene rings is 1. The largest absolute Gasteiger partial charge is 0.326 e. The molecule has 5 nitrogen and oxygen atoms in total. The van der Waals surface area contributed by atoms with Crippen LogP contribution in [-0.4, -0.2) is 20.6 Å². The number of nitrogens with two attached hydrogens (primary N) is 1. The Bertz CT molecular complexity index is 431. The monoisotopic (exact) mass is 229 g/mol. The van der Waals surface area contributed by atoms with Gasteiger partial charge in [0.25, 0.3) is 0 Å². The molecule has 1 heterocycles. The molecule has 2 aromatic rings. The molecule has 0 saturated heterocycles. The number of halogens is 2. The lowest BCUT2D eigenvalue weighted by Gasteiger charge is -2.02. The van der Waals surface area contributed by atoms with Crippen molar-refractivity contribution in [1.82, 2.24) is 20.6 Å². The van der Waals surface area contributed by atoms with E-state index in [0.29, 0.717) is 17.9 Å². The minimum Gasteiger partial charge on any atom is -0.326 e. The SMILES string of the molecule is Cl.NCc1ccc(F)cc1-c1nn[nH]n1. The molecule has 1 aromatic heterocycles. The number of hydrogen-bond acceptors (Lipinski definition) is 4. The Morgan fingerprint density at radius 1 is 1.40 bits per heavy atom. The Balaban J connectivity index is 0.00000112. The summed E-state index contributed by atoms with van der Waals surface area (Å²) in [6.07, 6.45) is 0.